The van der Waals surface area contributed by atoms with Crippen LogP contribution < -0.4 is 4.74 Å². The largest absolute Gasteiger partial charge is 0.484 e. The smallest absolute Gasteiger partial charge is 0.269 e. The molecule has 0 N–H and O–H groups in total. The maximum Gasteiger partial charge on any atom is 0.269 e. The van der Waals surface area contributed by atoms with E-state index in [9.17, 15) is 10.1 Å². The van der Waals surface area contributed by atoms with Gasteiger partial charge in [-0.2, -0.15) is 0 Å². The standard InChI is InChI=1S/C16H13NO3/c1-2-13-14-8-3-4-9-15(14)20-16(13)11-6-5-7-12(10-11)17(18)19/h2-10,13,16H,1H2/t13-,16-/m1/s1. The van der Waals surface area contributed by atoms with Crippen molar-refractivity contribution in [3.63, 3.8) is 0 Å². The minimum absolute atomic E-state index is 0.00760. The number of rotatable bonds is 3. The molecule has 20 heavy (non-hydrogen) atoms. The zero-order chi connectivity index (χ0) is 14.1. The fraction of sp³-hybridized carbons (Fsp3) is 0.125. The first-order valence-corrected chi connectivity index (χ1v) is 6.33. The van der Waals surface area contributed by atoms with Crippen molar-refractivity contribution < 1.29 is 9.66 Å². The molecule has 4 heteroatoms. The van der Waals surface area contributed by atoms with Crippen LogP contribution in [0.1, 0.15) is 23.1 Å². The molecule has 1 heterocycles. The number of non-ortho nitro benzene ring substituents is 1. The lowest BCUT2D eigenvalue weighted by atomic mass is 9.91. The van der Waals surface area contributed by atoms with Crippen LogP contribution in [0.5, 0.6) is 5.75 Å². The predicted octanol–water partition coefficient (Wildman–Crippen LogP) is 4.00. The summed E-state index contributed by atoms with van der Waals surface area (Å²) in [5, 5.41) is 10.9. The van der Waals surface area contributed by atoms with Crippen molar-refractivity contribution in [2.24, 2.45) is 0 Å². The molecule has 0 radical (unpaired) electrons. The van der Waals surface area contributed by atoms with Crippen molar-refractivity contribution in [3.05, 3.63) is 82.4 Å². The Bertz CT molecular complexity index is 681. The van der Waals surface area contributed by atoms with E-state index in [1.807, 2.05) is 36.4 Å². The second-order valence-electron chi connectivity index (χ2n) is 4.69. The van der Waals surface area contributed by atoms with Gasteiger partial charge in [0.15, 0.2) is 0 Å². The average Bonchev–Trinajstić information content (AvgIpc) is 2.86. The number of nitro groups is 1. The van der Waals surface area contributed by atoms with Gasteiger partial charge in [-0.3, -0.25) is 10.1 Å². The topological polar surface area (TPSA) is 52.4 Å². The van der Waals surface area contributed by atoms with Gasteiger partial charge in [0.1, 0.15) is 11.9 Å². The third-order valence-electron chi connectivity index (χ3n) is 3.52. The number of para-hydroxylation sites is 1. The van der Waals surface area contributed by atoms with Gasteiger partial charge in [0, 0.05) is 29.2 Å². The number of nitro benzene ring substituents is 1. The van der Waals surface area contributed by atoms with E-state index in [2.05, 4.69) is 6.58 Å². The summed E-state index contributed by atoms with van der Waals surface area (Å²) >= 11 is 0. The zero-order valence-electron chi connectivity index (χ0n) is 10.7. The van der Waals surface area contributed by atoms with E-state index in [1.165, 1.54) is 6.07 Å². The lowest BCUT2D eigenvalue weighted by Gasteiger charge is -2.16. The van der Waals surface area contributed by atoms with Gasteiger partial charge in [0.25, 0.3) is 5.69 Å². The van der Waals surface area contributed by atoms with Gasteiger partial charge in [-0.25, -0.2) is 0 Å². The van der Waals surface area contributed by atoms with Crippen LogP contribution in [0.15, 0.2) is 61.2 Å². The Balaban J connectivity index is 2.02. The van der Waals surface area contributed by atoms with E-state index in [0.717, 1.165) is 16.9 Å². The lowest BCUT2D eigenvalue weighted by Crippen LogP contribution is -2.08. The maximum absolute atomic E-state index is 10.9. The van der Waals surface area contributed by atoms with Crippen molar-refractivity contribution in [2.75, 3.05) is 0 Å². The van der Waals surface area contributed by atoms with Crippen LogP contribution in [0.2, 0.25) is 0 Å². The normalized spacial score (nSPS) is 20.0. The number of ether oxygens (including phenoxy) is 1. The van der Waals surface area contributed by atoms with Crippen molar-refractivity contribution in [3.8, 4) is 5.75 Å². The summed E-state index contributed by atoms with van der Waals surface area (Å²) < 4.78 is 5.94. The van der Waals surface area contributed by atoms with Crippen molar-refractivity contribution in [1.82, 2.24) is 0 Å². The second-order valence-corrected chi connectivity index (χ2v) is 4.69. The summed E-state index contributed by atoms with van der Waals surface area (Å²) in [4.78, 5) is 10.5. The highest BCUT2D eigenvalue weighted by Crippen LogP contribution is 2.46. The Labute approximate surface area is 116 Å². The molecule has 2 aromatic rings. The summed E-state index contributed by atoms with van der Waals surface area (Å²) in [7, 11) is 0. The number of hydrogen-bond donors (Lipinski definition) is 0. The van der Waals surface area contributed by atoms with Crippen LogP contribution >= 0.6 is 0 Å². The number of hydrogen-bond acceptors (Lipinski definition) is 3. The van der Waals surface area contributed by atoms with Gasteiger partial charge in [0.2, 0.25) is 0 Å². The molecule has 2 aromatic carbocycles. The van der Waals surface area contributed by atoms with Crippen LogP contribution in [-0.2, 0) is 0 Å². The van der Waals surface area contributed by atoms with Gasteiger partial charge in [-0.05, 0) is 6.07 Å². The SMILES string of the molecule is C=C[C@@H]1c2ccccc2O[C@@H]1c1cccc([N+](=O)[O-])c1. The highest BCUT2D eigenvalue weighted by molar-refractivity contribution is 5.47. The van der Waals surface area contributed by atoms with Crippen LogP contribution in [-0.4, -0.2) is 4.92 Å². The third kappa shape index (κ3) is 1.95. The Morgan fingerprint density at radius 1 is 1.20 bits per heavy atom. The molecule has 100 valence electrons. The monoisotopic (exact) mass is 267 g/mol. The van der Waals surface area contributed by atoms with E-state index in [4.69, 9.17) is 4.74 Å². The lowest BCUT2D eigenvalue weighted by molar-refractivity contribution is -0.385. The quantitative estimate of drug-likeness (QED) is 0.480. The molecule has 1 aliphatic rings. The first-order valence-electron chi connectivity index (χ1n) is 6.33. The van der Waals surface area contributed by atoms with Gasteiger partial charge >= 0.3 is 0 Å². The molecular formula is C16H13NO3. The Hall–Kier alpha value is -2.62. The summed E-state index contributed by atoms with van der Waals surface area (Å²) in [6, 6.07) is 14.3. The highest BCUT2D eigenvalue weighted by Gasteiger charge is 2.33. The predicted molar refractivity (Wildman–Crippen MR) is 75.8 cm³/mol. The maximum atomic E-state index is 10.9. The van der Waals surface area contributed by atoms with E-state index in [1.54, 1.807) is 12.1 Å². The minimum Gasteiger partial charge on any atom is -0.484 e. The second kappa shape index (κ2) is 4.81. The molecule has 4 nitrogen and oxygen atoms in total. The molecule has 0 aromatic heterocycles. The highest BCUT2D eigenvalue weighted by atomic mass is 16.6. The molecule has 3 rings (SSSR count). The van der Waals surface area contributed by atoms with Gasteiger partial charge in [-0.1, -0.05) is 36.4 Å². The zero-order valence-corrected chi connectivity index (χ0v) is 10.7. The van der Waals surface area contributed by atoms with Gasteiger partial charge in [-0.15, -0.1) is 6.58 Å². The van der Waals surface area contributed by atoms with Crippen LogP contribution in [0.4, 0.5) is 5.69 Å². The van der Waals surface area contributed by atoms with Crippen LogP contribution in [0, 0.1) is 10.1 Å². The summed E-state index contributed by atoms with van der Waals surface area (Å²) in [6.07, 6.45) is 1.57. The average molecular weight is 267 g/mol. The number of nitrogens with zero attached hydrogens (tertiary/aromatic N) is 1. The number of fused-ring (bicyclic) bond motifs is 1. The molecule has 0 saturated carbocycles. The van der Waals surface area contributed by atoms with Crippen LogP contribution in [0.25, 0.3) is 0 Å². The fourth-order valence-electron chi connectivity index (χ4n) is 2.58. The van der Waals surface area contributed by atoms with Gasteiger partial charge in [0.05, 0.1) is 4.92 Å². The molecule has 1 aliphatic heterocycles. The van der Waals surface area contributed by atoms with Crippen molar-refractivity contribution in [2.45, 2.75) is 12.0 Å². The fourth-order valence-corrected chi connectivity index (χ4v) is 2.58. The van der Waals surface area contributed by atoms with Gasteiger partial charge < -0.3 is 4.74 Å². The first kappa shape index (κ1) is 12.4. The minimum atomic E-state index is -0.394. The van der Waals surface area contributed by atoms with E-state index in [0.29, 0.717) is 0 Å². The molecule has 0 unspecified atom stereocenters. The first-order chi connectivity index (χ1) is 9.70. The van der Waals surface area contributed by atoms with E-state index in [-0.39, 0.29) is 17.7 Å². The third-order valence-corrected chi connectivity index (χ3v) is 3.52. The Morgan fingerprint density at radius 2 is 2.00 bits per heavy atom. The molecule has 0 spiro atoms. The Morgan fingerprint density at radius 3 is 2.75 bits per heavy atom. The summed E-state index contributed by atoms with van der Waals surface area (Å²) in [5.74, 6) is 0.821. The summed E-state index contributed by atoms with van der Waals surface area (Å²) in [6.45, 7) is 3.86. The molecule has 0 amide bonds. The van der Waals surface area contributed by atoms with Crippen molar-refractivity contribution >= 4 is 5.69 Å². The summed E-state index contributed by atoms with van der Waals surface area (Å²) in [5.41, 5.74) is 1.93. The number of benzene rings is 2. The molecular weight excluding hydrogens is 254 g/mol. The Kier molecular flexibility index (Phi) is 2.99. The molecule has 0 bridgehead atoms. The molecule has 2 atom stereocenters. The molecule has 0 saturated heterocycles. The van der Waals surface area contributed by atoms with Crippen LogP contribution in [0.3, 0.4) is 0 Å². The molecule has 0 fully saturated rings. The molecule has 0 aliphatic carbocycles. The van der Waals surface area contributed by atoms with E-state index >= 15 is 0 Å². The van der Waals surface area contributed by atoms with Crippen molar-refractivity contribution in [1.29, 1.82) is 0 Å². The van der Waals surface area contributed by atoms with E-state index < -0.39 is 4.92 Å².